The molecule has 0 fully saturated rings. The summed E-state index contributed by atoms with van der Waals surface area (Å²) < 4.78 is 26.0. The topological polar surface area (TPSA) is 66.5 Å². The maximum absolute atomic E-state index is 12.3. The van der Waals surface area contributed by atoms with Crippen molar-refractivity contribution in [3.8, 4) is 0 Å². The lowest BCUT2D eigenvalue weighted by Crippen LogP contribution is -2.40. The number of amides is 1. The minimum Gasteiger partial charge on any atom is -0.354 e. The first kappa shape index (κ1) is 19.5. The van der Waals surface area contributed by atoms with E-state index in [0.717, 1.165) is 16.8 Å². The molecule has 0 saturated heterocycles. The number of nitrogens with zero attached hydrogens (tertiary/aromatic N) is 1. The Balaban J connectivity index is 3.13. The van der Waals surface area contributed by atoms with Crippen molar-refractivity contribution in [1.29, 1.82) is 0 Å². The third kappa shape index (κ3) is 5.23. The third-order valence-corrected chi connectivity index (χ3v) is 4.85. The Morgan fingerprint density at radius 2 is 1.83 bits per heavy atom. The number of carbonyl (C=O) groups excluding carboxylic acids is 1. The second-order valence-electron chi connectivity index (χ2n) is 6.45. The molecule has 0 spiro atoms. The lowest BCUT2D eigenvalue weighted by molar-refractivity contribution is -0.123. The molecule has 1 aromatic rings. The second-order valence-corrected chi connectivity index (χ2v) is 8.36. The van der Waals surface area contributed by atoms with Crippen molar-refractivity contribution >= 4 is 21.6 Å². The van der Waals surface area contributed by atoms with E-state index in [1.165, 1.54) is 10.6 Å². The van der Waals surface area contributed by atoms with E-state index < -0.39 is 10.0 Å². The number of sulfonamides is 1. The van der Waals surface area contributed by atoms with Gasteiger partial charge < -0.3 is 5.32 Å². The Bertz CT molecular complexity index is 652. The average Bonchev–Trinajstić information content (AvgIpc) is 2.42. The summed E-state index contributed by atoms with van der Waals surface area (Å²) in [6, 6.07) is 5.80. The summed E-state index contributed by atoms with van der Waals surface area (Å²) in [5, 5.41) is 2.78. The standard InChI is InChI=1S/C17H28N2O3S/c1-12(2)15-9-7-8-14(5)16(15)19(23(6,21)22)11-10-18-17(20)13(3)4/h7-9,12-13H,10-11H2,1-6H3,(H,18,20). The van der Waals surface area contributed by atoms with Gasteiger partial charge in [0.1, 0.15) is 0 Å². The molecule has 0 aliphatic heterocycles. The SMILES string of the molecule is Cc1cccc(C(C)C)c1N(CCNC(=O)C(C)C)S(C)(=O)=O. The fourth-order valence-corrected chi connectivity index (χ4v) is 3.42. The Morgan fingerprint density at radius 3 is 2.30 bits per heavy atom. The number of para-hydroxylation sites is 1. The minimum absolute atomic E-state index is 0.0766. The normalized spacial score (nSPS) is 11.8. The summed E-state index contributed by atoms with van der Waals surface area (Å²) in [7, 11) is -3.43. The van der Waals surface area contributed by atoms with E-state index in [9.17, 15) is 13.2 Å². The van der Waals surface area contributed by atoms with Crippen LogP contribution in [0.4, 0.5) is 5.69 Å². The molecule has 23 heavy (non-hydrogen) atoms. The molecule has 1 N–H and O–H groups in total. The fraction of sp³-hybridized carbons (Fsp3) is 0.588. The van der Waals surface area contributed by atoms with Gasteiger partial charge in [-0.15, -0.1) is 0 Å². The largest absolute Gasteiger partial charge is 0.354 e. The molecule has 0 unspecified atom stereocenters. The van der Waals surface area contributed by atoms with Crippen LogP contribution in [-0.2, 0) is 14.8 Å². The average molecular weight is 340 g/mol. The lowest BCUT2D eigenvalue weighted by atomic mass is 9.98. The zero-order chi connectivity index (χ0) is 17.8. The Morgan fingerprint density at radius 1 is 1.22 bits per heavy atom. The molecule has 0 radical (unpaired) electrons. The highest BCUT2D eigenvalue weighted by Gasteiger charge is 2.23. The van der Waals surface area contributed by atoms with Gasteiger partial charge in [-0.05, 0) is 24.0 Å². The zero-order valence-corrected chi connectivity index (χ0v) is 15.7. The predicted molar refractivity (Wildman–Crippen MR) is 95.3 cm³/mol. The number of nitrogens with one attached hydrogen (secondary N) is 1. The van der Waals surface area contributed by atoms with Gasteiger partial charge in [0.2, 0.25) is 15.9 Å². The highest BCUT2D eigenvalue weighted by Crippen LogP contribution is 2.32. The minimum atomic E-state index is -3.43. The molecule has 1 rings (SSSR count). The van der Waals surface area contributed by atoms with E-state index in [1.54, 1.807) is 0 Å². The first-order chi connectivity index (χ1) is 10.6. The van der Waals surface area contributed by atoms with Crippen molar-refractivity contribution in [3.05, 3.63) is 29.3 Å². The highest BCUT2D eigenvalue weighted by atomic mass is 32.2. The molecule has 5 nitrogen and oxygen atoms in total. The quantitative estimate of drug-likeness (QED) is 0.830. The monoisotopic (exact) mass is 340 g/mol. The number of anilines is 1. The van der Waals surface area contributed by atoms with Gasteiger partial charge in [-0.2, -0.15) is 0 Å². The van der Waals surface area contributed by atoms with Gasteiger partial charge in [-0.25, -0.2) is 8.42 Å². The molecule has 0 heterocycles. The van der Waals surface area contributed by atoms with Crippen molar-refractivity contribution in [1.82, 2.24) is 5.32 Å². The van der Waals surface area contributed by atoms with Crippen LogP contribution < -0.4 is 9.62 Å². The molecular weight excluding hydrogens is 312 g/mol. The molecule has 0 bridgehead atoms. The smallest absolute Gasteiger partial charge is 0.232 e. The number of rotatable bonds is 7. The number of benzene rings is 1. The van der Waals surface area contributed by atoms with Gasteiger partial charge in [0.15, 0.2) is 0 Å². The summed E-state index contributed by atoms with van der Waals surface area (Å²) in [6.07, 6.45) is 1.20. The number of aryl methyl sites for hydroxylation is 1. The molecule has 0 aromatic heterocycles. The van der Waals surface area contributed by atoms with Gasteiger partial charge in [-0.3, -0.25) is 9.10 Å². The van der Waals surface area contributed by atoms with Crippen LogP contribution in [-0.4, -0.2) is 33.7 Å². The maximum Gasteiger partial charge on any atom is 0.232 e. The van der Waals surface area contributed by atoms with E-state index in [4.69, 9.17) is 0 Å². The van der Waals surface area contributed by atoms with E-state index >= 15 is 0 Å². The predicted octanol–water partition coefficient (Wildman–Crippen LogP) is 2.66. The van der Waals surface area contributed by atoms with Crippen molar-refractivity contribution in [3.63, 3.8) is 0 Å². The van der Waals surface area contributed by atoms with Gasteiger partial charge in [0, 0.05) is 12.5 Å². The Hall–Kier alpha value is -1.56. The van der Waals surface area contributed by atoms with E-state index in [1.807, 2.05) is 52.8 Å². The lowest BCUT2D eigenvalue weighted by Gasteiger charge is -2.28. The first-order valence-corrected chi connectivity index (χ1v) is 9.75. The first-order valence-electron chi connectivity index (χ1n) is 7.90. The van der Waals surface area contributed by atoms with Crippen molar-refractivity contribution in [2.45, 2.75) is 40.5 Å². The molecule has 0 aliphatic rings. The molecule has 1 amide bonds. The summed E-state index contributed by atoms with van der Waals surface area (Å²) in [5.41, 5.74) is 2.63. The van der Waals surface area contributed by atoms with E-state index in [2.05, 4.69) is 5.32 Å². The molecule has 130 valence electrons. The second kappa shape index (κ2) is 7.81. The van der Waals surface area contributed by atoms with E-state index in [0.29, 0.717) is 0 Å². The molecule has 0 aliphatic carbocycles. The van der Waals surface area contributed by atoms with E-state index in [-0.39, 0.29) is 30.8 Å². The van der Waals surface area contributed by atoms with Crippen LogP contribution in [0.1, 0.15) is 44.7 Å². The van der Waals surface area contributed by atoms with Crippen LogP contribution in [0.5, 0.6) is 0 Å². The number of hydrogen-bond donors (Lipinski definition) is 1. The number of carbonyl (C=O) groups is 1. The van der Waals surface area contributed by atoms with Gasteiger partial charge in [0.05, 0.1) is 18.5 Å². The molecule has 0 saturated carbocycles. The summed E-state index contributed by atoms with van der Waals surface area (Å²) in [6.45, 7) is 10.1. The Kier molecular flexibility index (Phi) is 6.62. The highest BCUT2D eigenvalue weighted by molar-refractivity contribution is 7.92. The molecule has 0 atom stereocenters. The van der Waals surface area contributed by atoms with Crippen LogP contribution in [0.3, 0.4) is 0 Å². The van der Waals surface area contributed by atoms with Crippen molar-refractivity contribution in [2.24, 2.45) is 5.92 Å². The Labute approximate surface area is 140 Å². The van der Waals surface area contributed by atoms with Crippen LogP contribution in [0, 0.1) is 12.8 Å². The van der Waals surface area contributed by atoms with Crippen LogP contribution in [0.15, 0.2) is 18.2 Å². The van der Waals surface area contributed by atoms with Gasteiger partial charge >= 0.3 is 0 Å². The van der Waals surface area contributed by atoms with Crippen LogP contribution in [0.25, 0.3) is 0 Å². The zero-order valence-electron chi connectivity index (χ0n) is 14.9. The third-order valence-electron chi connectivity index (χ3n) is 3.68. The molecular formula is C17H28N2O3S. The summed E-state index contributed by atoms with van der Waals surface area (Å²) in [5.74, 6) is 0.0121. The fourth-order valence-electron chi connectivity index (χ4n) is 2.42. The summed E-state index contributed by atoms with van der Waals surface area (Å²) >= 11 is 0. The maximum atomic E-state index is 12.3. The van der Waals surface area contributed by atoms with Gasteiger partial charge in [-0.1, -0.05) is 45.9 Å². The number of hydrogen-bond acceptors (Lipinski definition) is 3. The molecule has 1 aromatic carbocycles. The van der Waals surface area contributed by atoms with Crippen LogP contribution >= 0.6 is 0 Å². The summed E-state index contributed by atoms with van der Waals surface area (Å²) in [4.78, 5) is 11.7. The van der Waals surface area contributed by atoms with Crippen molar-refractivity contribution in [2.75, 3.05) is 23.7 Å². The van der Waals surface area contributed by atoms with Crippen LogP contribution in [0.2, 0.25) is 0 Å². The van der Waals surface area contributed by atoms with Gasteiger partial charge in [0.25, 0.3) is 0 Å². The van der Waals surface area contributed by atoms with Crippen molar-refractivity contribution < 1.29 is 13.2 Å². The molecule has 6 heteroatoms.